The first-order valence-electron chi connectivity index (χ1n) is 4.56. The quantitative estimate of drug-likeness (QED) is 0.866. The number of nitrogens with zero attached hydrogens (tertiary/aromatic N) is 1. The highest BCUT2D eigenvalue weighted by molar-refractivity contribution is 7.99. The van der Waals surface area contributed by atoms with E-state index in [1.807, 2.05) is 17.0 Å². The number of thioether (sulfide) groups is 1. The average molecular weight is 244 g/mol. The lowest BCUT2D eigenvalue weighted by Gasteiger charge is -2.29. The normalized spacial score (nSPS) is 14.9. The van der Waals surface area contributed by atoms with E-state index in [0.717, 1.165) is 22.9 Å². The molecule has 0 aliphatic carbocycles. The SMILES string of the molecule is O=C(O)CN1CCSc2cc(Cl)ccc21. The maximum absolute atomic E-state index is 10.7. The van der Waals surface area contributed by atoms with Crippen molar-refractivity contribution >= 4 is 35.0 Å². The Morgan fingerprint density at radius 1 is 1.60 bits per heavy atom. The van der Waals surface area contributed by atoms with Crippen molar-refractivity contribution in [2.75, 3.05) is 23.7 Å². The Bertz CT molecular complexity index is 397. The maximum Gasteiger partial charge on any atom is 0.323 e. The summed E-state index contributed by atoms with van der Waals surface area (Å²) in [6.45, 7) is 0.820. The van der Waals surface area contributed by atoms with Crippen molar-refractivity contribution in [2.45, 2.75) is 4.90 Å². The topological polar surface area (TPSA) is 40.5 Å². The van der Waals surface area contributed by atoms with Crippen LogP contribution in [-0.2, 0) is 4.79 Å². The molecule has 0 radical (unpaired) electrons. The van der Waals surface area contributed by atoms with Crippen LogP contribution >= 0.6 is 23.4 Å². The van der Waals surface area contributed by atoms with E-state index >= 15 is 0 Å². The van der Waals surface area contributed by atoms with Crippen molar-refractivity contribution in [1.29, 1.82) is 0 Å². The van der Waals surface area contributed by atoms with Gasteiger partial charge in [-0.3, -0.25) is 4.79 Å². The smallest absolute Gasteiger partial charge is 0.323 e. The number of carboxylic acids is 1. The Kier molecular flexibility index (Phi) is 3.07. The van der Waals surface area contributed by atoms with Crippen molar-refractivity contribution in [3.63, 3.8) is 0 Å². The summed E-state index contributed by atoms with van der Waals surface area (Å²) in [4.78, 5) is 13.6. The molecular weight excluding hydrogens is 234 g/mol. The number of aliphatic carboxylic acids is 1. The predicted octanol–water partition coefficient (Wildman–Crippen LogP) is 2.34. The average Bonchev–Trinajstić information content (AvgIpc) is 2.16. The Morgan fingerprint density at radius 3 is 3.13 bits per heavy atom. The van der Waals surface area contributed by atoms with E-state index in [2.05, 4.69) is 0 Å². The molecule has 1 aromatic rings. The maximum atomic E-state index is 10.7. The van der Waals surface area contributed by atoms with Gasteiger partial charge in [-0.15, -0.1) is 11.8 Å². The Morgan fingerprint density at radius 2 is 2.40 bits per heavy atom. The van der Waals surface area contributed by atoms with Crippen molar-refractivity contribution in [3.05, 3.63) is 23.2 Å². The summed E-state index contributed by atoms with van der Waals surface area (Å²) in [6, 6.07) is 5.56. The van der Waals surface area contributed by atoms with Gasteiger partial charge in [0.05, 0.1) is 5.69 Å². The van der Waals surface area contributed by atoms with Gasteiger partial charge in [0.1, 0.15) is 6.54 Å². The van der Waals surface area contributed by atoms with Crippen LogP contribution in [-0.4, -0.2) is 29.9 Å². The van der Waals surface area contributed by atoms with Crippen LogP contribution in [0.1, 0.15) is 0 Å². The molecule has 0 fully saturated rings. The molecule has 0 atom stereocenters. The number of carboxylic acid groups (broad SMARTS) is 1. The number of rotatable bonds is 2. The Balaban J connectivity index is 2.30. The fourth-order valence-electron chi connectivity index (χ4n) is 1.58. The minimum absolute atomic E-state index is 0.0508. The first kappa shape index (κ1) is 10.6. The van der Waals surface area contributed by atoms with Crippen LogP contribution in [0.3, 0.4) is 0 Å². The molecule has 5 heteroatoms. The molecule has 0 bridgehead atoms. The highest BCUT2D eigenvalue weighted by Gasteiger charge is 2.19. The van der Waals surface area contributed by atoms with Crippen LogP contribution in [0.25, 0.3) is 0 Å². The second kappa shape index (κ2) is 4.33. The lowest BCUT2D eigenvalue weighted by molar-refractivity contribution is -0.135. The zero-order chi connectivity index (χ0) is 10.8. The molecule has 0 saturated heterocycles. The third kappa shape index (κ3) is 2.38. The molecule has 0 aromatic heterocycles. The molecule has 3 nitrogen and oxygen atoms in total. The van der Waals surface area contributed by atoms with Crippen molar-refractivity contribution in [1.82, 2.24) is 0 Å². The number of hydrogen-bond acceptors (Lipinski definition) is 3. The number of fused-ring (bicyclic) bond motifs is 1. The molecule has 1 aromatic carbocycles. The fourth-order valence-corrected chi connectivity index (χ4v) is 2.90. The van der Waals surface area contributed by atoms with Gasteiger partial charge in [-0.1, -0.05) is 11.6 Å². The molecule has 1 aliphatic heterocycles. The van der Waals surface area contributed by atoms with Crippen LogP contribution in [0.5, 0.6) is 0 Å². The summed E-state index contributed by atoms with van der Waals surface area (Å²) in [5.74, 6) is 0.100. The predicted molar refractivity (Wildman–Crippen MR) is 62.0 cm³/mol. The van der Waals surface area contributed by atoms with Gasteiger partial charge in [0.25, 0.3) is 0 Å². The van der Waals surface area contributed by atoms with Gasteiger partial charge >= 0.3 is 5.97 Å². The lowest BCUT2D eigenvalue weighted by Crippen LogP contribution is -2.34. The van der Waals surface area contributed by atoms with Crippen LogP contribution in [0.4, 0.5) is 5.69 Å². The van der Waals surface area contributed by atoms with E-state index in [-0.39, 0.29) is 6.54 Å². The second-order valence-electron chi connectivity index (χ2n) is 3.28. The summed E-state index contributed by atoms with van der Waals surface area (Å²) >= 11 is 7.60. The standard InChI is InChI=1S/C10H10ClNO2S/c11-7-1-2-8-9(5-7)15-4-3-12(8)6-10(13)14/h1-2,5H,3-4,6H2,(H,13,14). The molecule has 80 valence electrons. The zero-order valence-corrected chi connectivity index (χ0v) is 9.51. The first-order chi connectivity index (χ1) is 7.16. The summed E-state index contributed by atoms with van der Waals surface area (Å²) in [5, 5.41) is 9.46. The van der Waals surface area contributed by atoms with Gasteiger partial charge in [-0.25, -0.2) is 0 Å². The van der Waals surface area contributed by atoms with Crippen molar-refractivity contribution in [2.24, 2.45) is 0 Å². The van der Waals surface area contributed by atoms with E-state index in [9.17, 15) is 4.79 Å². The summed E-state index contributed by atoms with van der Waals surface area (Å²) in [5.41, 5.74) is 0.970. The second-order valence-corrected chi connectivity index (χ2v) is 4.85. The van der Waals surface area contributed by atoms with E-state index in [0.29, 0.717) is 5.02 Å². The molecule has 0 unspecified atom stereocenters. The van der Waals surface area contributed by atoms with Gasteiger partial charge in [-0.05, 0) is 18.2 Å². The molecule has 0 saturated carbocycles. The summed E-state index contributed by atoms with van der Waals surface area (Å²) < 4.78 is 0. The zero-order valence-electron chi connectivity index (χ0n) is 7.94. The number of halogens is 1. The van der Waals surface area contributed by atoms with Gasteiger partial charge in [-0.2, -0.15) is 0 Å². The van der Waals surface area contributed by atoms with Crippen LogP contribution in [0.15, 0.2) is 23.1 Å². The molecule has 1 aliphatic rings. The van der Waals surface area contributed by atoms with Crippen LogP contribution in [0, 0.1) is 0 Å². The number of benzene rings is 1. The molecule has 15 heavy (non-hydrogen) atoms. The summed E-state index contributed by atoms with van der Waals surface area (Å²) in [6.07, 6.45) is 0. The first-order valence-corrected chi connectivity index (χ1v) is 5.92. The third-order valence-corrected chi connectivity index (χ3v) is 3.47. The largest absolute Gasteiger partial charge is 0.480 e. The van der Waals surface area contributed by atoms with Crippen molar-refractivity contribution < 1.29 is 9.90 Å². The molecule has 2 rings (SSSR count). The van der Waals surface area contributed by atoms with Crippen molar-refractivity contribution in [3.8, 4) is 0 Å². The molecule has 1 N–H and O–H groups in total. The lowest BCUT2D eigenvalue weighted by atomic mass is 10.2. The monoisotopic (exact) mass is 243 g/mol. The van der Waals surface area contributed by atoms with Gasteiger partial charge in [0.2, 0.25) is 0 Å². The van der Waals surface area contributed by atoms with Gasteiger partial charge in [0, 0.05) is 22.2 Å². The number of anilines is 1. The molecule has 1 heterocycles. The van der Waals surface area contributed by atoms with Crippen LogP contribution in [0.2, 0.25) is 5.02 Å². The fraction of sp³-hybridized carbons (Fsp3) is 0.300. The highest BCUT2D eigenvalue weighted by Crippen LogP contribution is 2.36. The Labute approximate surface area is 97.0 Å². The number of hydrogen-bond donors (Lipinski definition) is 1. The minimum atomic E-state index is -0.803. The molecular formula is C10H10ClNO2S. The van der Waals surface area contributed by atoms with E-state index in [4.69, 9.17) is 16.7 Å². The van der Waals surface area contributed by atoms with Crippen LogP contribution < -0.4 is 4.90 Å². The number of carbonyl (C=O) groups is 1. The van der Waals surface area contributed by atoms with E-state index in [1.165, 1.54) is 0 Å². The van der Waals surface area contributed by atoms with Gasteiger partial charge < -0.3 is 10.0 Å². The summed E-state index contributed by atoms with van der Waals surface area (Å²) in [7, 11) is 0. The van der Waals surface area contributed by atoms with E-state index < -0.39 is 5.97 Å². The van der Waals surface area contributed by atoms with Gasteiger partial charge in [0.15, 0.2) is 0 Å². The molecule has 0 amide bonds. The molecule has 0 spiro atoms. The Hall–Kier alpha value is -0.870. The van der Waals surface area contributed by atoms with E-state index in [1.54, 1.807) is 17.8 Å². The minimum Gasteiger partial charge on any atom is -0.480 e. The highest BCUT2D eigenvalue weighted by atomic mass is 35.5. The third-order valence-electron chi connectivity index (χ3n) is 2.21.